The standard InChI is InChI=1S/C16H24O5/c1-16(2,3)21-11-10-19-8-5-9-20-14-7-4-6-13(12-14)15(17)18/h4,6-7,12H,5,8-11H2,1-3H3,(H,17,18). The Balaban J connectivity index is 2.09. The lowest BCUT2D eigenvalue weighted by Gasteiger charge is -2.19. The number of hydrogen-bond donors (Lipinski definition) is 1. The van der Waals surface area contributed by atoms with Crippen LogP contribution in [0.3, 0.4) is 0 Å². The molecule has 0 fully saturated rings. The Kier molecular flexibility index (Phi) is 7.19. The summed E-state index contributed by atoms with van der Waals surface area (Å²) in [6, 6.07) is 6.46. The summed E-state index contributed by atoms with van der Waals surface area (Å²) in [5.41, 5.74) is 0.0878. The first-order valence-electron chi connectivity index (χ1n) is 7.06. The highest BCUT2D eigenvalue weighted by Crippen LogP contribution is 2.13. The Bertz CT molecular complexity index is 437. The minimum atomic E-state index is -0.956. The molecule has 1 rings (SSSR count). The van der Waals surface area contributed by atoms with Crippen molar-refractivity contribution in [2.75, 3.05) is 26.4 Å². The topological polar surface area (TPSA) is 65.0 Å². The first-order chi connectivity index (χ1) is 9.88. The van der Waals surface area contributed by atoms with Gasteiger partial charge in [0.25, 0.3) is 0 Å². The number of rotatable bonds is 9. The van der Waals surface area contributed by atoms with Gasteiger partial charge in [0.05, 0.1) is 31.0 Å². The smallest absolute Gasteiger partial charge is 0.335 e. The third-order valence-corrected chi connectivity index (χ3v) is 2.55. The molecule has 5 heteroatoms. The number of aromatic carboxylic acids is 1. The van der Waals surface area contributed by atoms with E-state index in [1.807, 2.05) is 20.8 Å². The van der Waals surface area contributed by atoms with Crippen LogP contribution < -0.4 is 4.74 Å². The number of hydrogen-bond acceptors (Lipinski definition) is 4. The van der Waals surface area contributed by atoms with Gasteiger partial charge < -0.3 is 19.3 Å². The van der Waals surface area contributed by atoms with Crippen LogP contribution in [0.5, 0.6) is 5.75 Å². The second-order valence-corrected chi connectivity index (χ2v) is 5.61. The summed E-state index contributed by atoms with van der Waals surface area (Å²) in [7, 11) is 0. The van der Waals surface area contributed by atoms with Gasteiger partial charge >= 0.3 is 5.97 Å². The normalized spacial score (nSPS) is 11.4. The van der Waals surface area contributed by atoms with Crippen molar-refractivity contribution in [3.8, 4) is 5.75 Å². The molecule has 0 spiro atoms. The summed E-state index contributed by atoms with van der Waals surface area (Å²) in [6.07, 6.45) is 0.743. The molecule has 0 saturated heterocycles. The van der Waals surface area contributed by atoms with Crippen molar-refractivity contribution < 1.29 is 24.1 Å². The quantitative estimate of drug-likeness (QED) is 0.710. The molecule has 1 aromatic carbocycles. The fourth-order valence-electron chi connectivity index (χ4n) is 1.58. The molecule has 0 atom stereocenters. The third kappa shape index (κ3) is 8.32. The van der Waals surface area contributed by atoms with Crippen LogP contribution in [0.2, 0.25) is 0 Å². The SMILES string of the molecule is CC(C)(C)OCCOCCCOc1cccc(C(=O)O)c1. The molecule has 1 N–H and O–H groups in total. The predicted molar refractivity (Wildman–Crippen MR) is 80.0 cm³/mol. The zero-order chi connectivity index (χ0) is 15.7. The van der Waals surface area contributed by atoms with Crippen molar-refractivity contribution in [3.63, 3.8) is 0 Å². The van der Waals surface area contributed by atoms with E-state index in [-0.39, 0.29) is 11.2 Å². The molecule has 0 aliphatic carbocycles. The fourth-order valence-corrected chi connectivity index (χ4v) is 1.58. The van der Waals surface area contributed by atoms with Gasteiger partial charge in [0.1, 0.15) is 5.75 Å². The second kappa shape index (κ2) is 8.64. The zero-order valence-electron chi connectivity index (χ0n) is 12.9. The van der Waals surface area contributed by atoms with E-state index in [1.165, 1.54) is 12.1 Å². The predicted octanol–water partition coefficient (Wildman–Crippen LogP) is 2.99. The molecule has 1 aromatic rings. The first kappa shape index (κ1) is 17.5. The largest absolute Gasteiger partial charge is 0.493 e. The maximum atomic E-state index is 10.8. The van der Waals surface area contributed by atoms with Crippen LogP contribution in [0.1, 0.15) is 37.6 Å². The van der Waals surface area contributed by atoms with Crippen molar-refractivity contribution in [1.82, 2.24) is 0 Å². The summed E-state index contributed by atoms with van der Waals surface area (Å²) in [6.45, 7) is 8.23. The number of carboxylic acids is 1. The molecule has 118 valence electrons. The zero-order valence-corrected chi connectivity index (χ0v) is 12.9. The maximum Gasteiger partial charge on any atom is 0.335 e. The van der Waals surface area contributed by atoms with Crippen molar-refractivity contribution in [2.24, 2.45) is 0 Å². The highest BCUT2D eigenvalue weighted by molar-refractivity contribution is 5.87. The summed E-state index contributed by atoms with van der Waals surface area (Å²) < 4.78 is 16.4. The average Bonchev–Trinajstić information content (AvgIpc) is 2.41. The number of carboxylic acid groups (broad SMARTS) is 1. The molecule has 0 heterocycles. The third-order valence-electron chi connectivity index (χ3n) is 2.55. The Labute approximate surface area is 125 Å². The van der Waals surface area contributed by atoms with Crippen molar-refractivity contribution in [2.45, 2.75) is 32.8 Å². The van der Waals surface area contributed by atoms with Crippen LogP contribution >= 0.6 is 0 Å². The van der Waals surface area contributed by atoms with E-state index in [2.05, 4.69) is 0 Å². The minimum Gasteiger partial charge on any atom is -0.493 e. The van der Waals surface area contributed by atoms with Crippen molar-refractivity contribution in [1.29, 1.82) is 0 Å². The fraction of sp³-hybridized carbons (Fsp3) is 0.562. The van der Waals surface area contributed by atoms with Crippen LogP contribution in [0.25, 0.3) is 0 Å². The second-order valence-electron chi connectivity index (χ2n) is 5.61. The van der Waals surface area contributed by atoms with Crippen LogP contribution in [0.4, 0.5) is 0 Å². The Morgan fingerprint density at radius 1 is 1.14 bits per heavy atom. The molecule has 5 nitrogen and oxygen atoms in total. The van der Waals surface area contributed by atoms with E-state index >= 15 is 0 Å². The van der Waals surface area contributed by atoms with Crippen molar-refractivity contribution in [3.05, 3.63) is 29.8 Å². The Morgan fingerprint density at radius 2 is 1.90 bits per heavy atom. The van der Waals surface area contributed by atoms with Gasteiger partial charge in [-0.25, -0.2) is 4.79 Å². The molecule has 0 unspecified atom stereocenters. The molecule has 0 bridgehead atoms. The molecule has 0 saturated carbocycles. The molecule has 0 aromatic heterocycles. The summed E-state index contributed by atoms with van der Waals surface area (Å²) >= 11 is 0. The van der Waals surface area contributed by atoms with Gasteiger partial charge in [0.2, 0.25) is 0 Å². The minimum absolute atomic E-state index is 0.137. The van der Waals surface area contributed by atoms with Crippen LogP contribution in [0.15, 0.2) is 24.3 Å². The average molecular weight is 296 g/mol. The van der Waals surface area contributed by atoms with E-state index in [0.717, 1.165) is 6.42 Å². The highest BCUT2D eigenvalue weighted by Gasteiger charge is 2.08. The van der Waals surface area contributed by atoms with Gasteiger partial charge in [-0.1, -0.05) is 6.07 Å². The van der Waals surface area contributed by atoms with E-state index in [1.54, 1.807) is 12.1 Å². The molecule has 0 radical (unpaired) electrons. The van der Waals surface area contributed by atoms with E-state index in [4.69, 9.17) is 19.3 Å². The molecular weight excluding hydrogens is 272 g/mol. The molecule has 21 heavy (non-hydrogen) atoms. The highest BCUT2D eigenvalue weighted by atomic mass is 16.5. The molecular formula is C16H24O5. The Hall–Kier alpha value is -1.59. The van der Waals surface area contributed by atoms with Crippen molar-refractivity contribution >= 4 is 5.97 Å². The lowest BCUT2D eigenvalue weighted by molar-refractivity contribution is -0.0357. The van der Waals surface area contributed by atoms with Crippen LogP contribution in [0, 0.1) is 0 Å². The molecule has 0 aliphatic rings. The van der Waals surface area contributed by atoms with E-state index in [0.29, 0.717) is 32.2 Å². The van der Waals surface area contributed by atoms with Gasteiger partial charge in [-0.3, -0.25) is 0 Å². The summed E-state index contributed by atoms with van der Waals surface area (Å²) in [5, 5.41) is 8.87. The number of carbonyl (C=O) groups is 1. The van der Waals surface area contributed by atoms with Gasteiger partial charge in [-0.15, -0.1) is 0 Å². The summed E-state index contributed by atoms with van der Waals surface area (Å²) in [5.74, 6) is -0.395. The number of ether oxygens (including phenoxy) is 3. The van der Waals surface area contributed by atoms with E-state index < -0.39 is 5.97 Å². The van der Waals surface area contributed by atoms with Gasteiger partial charge in [0, 0.05) is 13.0 Å². The van der Waals surface area contributed by atoms with Gasteiger partial charge in [-0.05, 0) is 39.0 Å². The van der Waals surface area contributed by atoms with Crippen LogP contribution in [-0.2, 0) is 9.47 Å². The van der Waals surface area contributed by atoms with Gasteiger partial charge in [-0.2, -0.15) is 0 Å². The lowest BCUT2D eigenvalue weighted by atomic mass is 10.2. The molecule has 0 amide bonds. The lowest BCUT2D eigenvalue weighted by Crippen LogP contribution is -2.22. The maximum absolute atomic E-state index is 10.8. The molecule has 0 aliphatic heterocycles. The number of benzene rings is 1. The Morgan fingerprint density at radius 3 is 2.57 bits per heavy atom. The van der Waals surface area contributed by atoms with E-state index in [9.17, 15) is 4.79 Å². The summed E-state index contributed by atoms with van der Waals surface area (Å²) in [4.78, 5) is 10.8. The van der Waals surface area contributed by atoms with Crippen LogP contribution in [-0.4, -0.2) is 43.1 Å². The first-order valence-corrected chi connectivity index (χ1v) is 7.06. The van der Waals surface area contributed by atoms with Gasteiger partial charge in [0.15, 0.2) is 0 Å². The monoisotopic (exact) mass is 296 g/mol.